The molecule has 13 heavy (non-hydrogen) atoms. The van der Waals surface area contributed by atoms with Crippen LogP contribution in [0.25, 0.3) is 10.2 Å². The number of aromatic nitrogens is 1. The Labute approximate surface area is 79.0 Å². The second-order valence-corrected chi connectivity index (χ2v) is 3.33. The number of rotatable bonds is 1. The molecule has 1 heterocycles. The first-order valence-corrected chi connectivity index (χ1v) is 4.53. The lowest BCUT2D eigenvalue weighted by molar-refractivity contribution is -0.131. The molecule has 2 rings (SSSR count). The first-order valence-electron chi connectivity index (χ1n) is 3.71. The summed E-state index contributed by atoms with van der Waals surface area (Å²) in [6.45, 7) is 1.37. The van der Waals surface area contributed by atoms with Gasteiger partial charge in [-0.25, -0.2) is 4.98 Å². The summed E-state index contributed by atoms with van der Waals surface area (Å²) >= 11 is 1.40. The molecule has 0 unspecified atom stereocenters. The van der Waals surface area contributed by atoms with Crippen molar-refractivity contribution in [2.24, 2.45) is 0 Å². The molecular formula is C9H6NO2S. The van der Waals surface area contributed by atoms with Crippen molar-refractivity contribution in [2.75, 3.05) is 0 Å². The molecule has 4 heteroatoms. The van der Waals surface area contributed by atoms with Gasteiger partial charge in [-0.3, -0.25) is 4.79 Å². The molecule has 0 N–H and O–H groups in total. The van der Waals surface area contributed by atoms with E-state index in [2.05, 4.69) is 10.5 Å². The number of nitrogens with zero attached hydrogens (tertiary/aromatic N) is 1. The minimum absolute atomic E-state index is 0.333. The molecule has 1 radical (unpaired) electrons. The van der Waals surface area contributed by atoms with Crippen LogP contribution in [0.1, 0.15) is 6.92 Å². The Morgan fingerprint density at radius 3 is 3.23 bits per heavy atom. The molecule has 2 aromatic rings. The monoisotopic (exact) mass is 192 g/mol. The number of hydrogen-bond acceptors (Lipinski definition) is 4. The molecule has 0 aliphatic rings. The highest BCUT2D eigenvalue weighted by Gasteiger charge is 2.05. The Balaban J connectivity index is 2.54. The van der Waals surface area contributed by atoms with Gasteiger partial charge in [0, 0.05) is 6.92 Å². The number of fused-ring (bicyclic) bond motifs is 1. The van der Waals surface area contributed by atoms with Crippen molar-refractivity contribution in [3.8, 4) is 5.75 Å². The van der Waals surface area contributed by atoms with E-state index in [9.17, 15) is 4.79 Å². The Morgan fingerprint density at radius 2 is 2.46 bits per heavy atom. The molecule has 0 fully saturated rings. The van der Waals surface area contributed by atoms with E-state index in [0.29, 0.717) is 11.3 Å². The van der Waals surface area contributed by atoms with Crippen LogP contribution < -0.4 is 4.74 Å². The first-order chi connectivity index (χ1) is 6.27. The molecule has 1 aromatic heterocycles. The van der Waals surface area contributed by atoms with Crippen molar-refractivity contribution < 1.29 is 9.53 Å². The maximum atomic E-state index is 10.7. The molecule has 3 nitrogen and oxygen atoms in total. The van der Waals surface area contributed by atoms with E-state index in [0.717, 1.165) is 4.70 Å². The number of thiazole rings is 1. The molecule has 0 aliphatic heterocycles. The fraction of sp³-hybridized carbons (Fsp3) is 0.111. The van der Waals surface area contributed by atoms with Crippen molar-refractivity contribution in [3.05, 3.63) is 23.7 Å². The highest BCUT2D eigenvalue weighted by Crippen LogP contribution is 2.26. The number of carbonyl (C=O) groups is 1. The topological polar surface area (TPSA) is 39.2 Å². The number of carbonyl (C=O) groups excluding carboxylic acids is 1. The predicted octanol–water partition coefficient (Wildman–Crippen LogP) is 2.02. The van der Waals surface area contributed by atoms with Crippen molar-refractivity contribution in [1.29, 1.82) is 0 Å². The molecule has 65 valence electrons. The maximum absolute atomic E-state index is 10.7. The van der Waals surface area contributed by atoms with E-state index in [1.807, 2.05) is 12.1 Å². The van der Waals surface area contributed by atoms with Crippen LogP contribution in [-0.4, -0.2) is 11.0 Å². The van der Waals surface area contributed by atoms with E-state index in [1.54, 1.807) is 6.07 Å². The molecule has 0 atom stereocenters. The zero-order valence-corrected chi connectivity index (χ0v) is 7.72. The summed E-state index contributed by atoms with van der Waals surface area (Å²) in [6.07, 6.45) is 0. The number of ether oxygens (including phenoxy) is 1. The summed E-state index contributed by atoms with van der Waals surface area (Å²) in [4.78, 5) is 14.7. The summed E-state index contributed by atoms with van der Waals surface area (Å²) in [5.74, 6) is 0.169. The minimum Gasteiger partial charge on any atom is -0.424 e. The van der Waals surface area contributed by atoms with Crippen LogP contribution in [0.2, 0.25) is 0 Å². The fourth-order valence-corrected chi connectivity index (χ4v) is 1.67. The van der Waals surface area contributed by atoms with Crippen molar-refractivity contribution in [2.45, 2.75) is 6.92 Å². The summed E-state index contributed by atoms with van der Waals surface area (Å²) in [5.41, 5.74) is 3.45. The Kier molecular flexibility index (Phi) is 1.98. The SMILES string of the molecule is CC(=O)Oc1cccc2s[c]nc12. The smallest absolute Gasteiger partial charge is 0.308 e. The van der Waals surface area contributed by atoms with Crippen LogP contribution in [0.15, 0.2) is 18.2 Å². The molecule has 0 amide bonds. The normalized spacial score (nSPS) is 10.2. The van der Waals surface area contributed by atoms with E-state index >= 15 is 0 Å². The lowest BCUT2D eigenvalue weighted by Gasteiger charge is -2.00. The minimum atomic E-state index is -0.333. The van der Waals surface area contributed by atoms with Gasteiger partial charge in [0.05, 0.1) is 4.70 Å². The van der Waals surface area contributed by atoms with Gasteiger partial charge in [-0.05, 0) is 12.1 Å². The third-order valence-corrected chi connectivity index (χ3v) is 2.26. The van der Waals surface area contributed by atoms with Crippen LogP contribution in [0.4, 0.5) is 0 Å². The third kappa shape index (κ3) is 1.53. The number of benzene rings is 1. The number of hydrogen-bond donors (Lipinski definition) is 0. The molecule has 0 saturated heterocycles. The largest absolute Gasteiger partial charge is 0.424 e. The molecule has 0 spiro atoms. The Bertz CT molecular complexity index is 450. The van der Waals surface area contributed by atoms with Gasteiger partial charge in [-0.2, -0.15) is 0 Å². The van der Waals surface area contributed by atoms with E-state index in [4.69, 9.17) is 4.74 Å². The Morgan fingerprint density at radius 1 is 1.62 bits per heavy atom. The predicted molar refractivity (Wildman–Crippen MR) is 49.8 cm³/mol. The van der Waals surface area contributed by atoms with Gasteiger partial charge in [0.25, 0.3) is 0 Å². The Hall–Kier alpha value is -1.42. The van der Waals surface area contributed by atoms with Crippen LogP contribution in [0.5, 0.6) is 5.75 Å². The lowest BCUT2D eigenvalue weighted by Crippen LogP contribution is -2.01. The van der Waals surface area contributed by atoms with Crippen LogP contribution in [0.3, 0.4) is 0 Å². The van der Waals surface area contributed by atoms with Gasteiger partial charge in [-0.1, -0.05) is 6.07 Å². The zero-order chi connectivity index (χ0) is 9.26. The summed E-state index contributed by atoms with van der Waals surface area (Å²) in [7, 11) is 0. The van der Waals surface area contributed by atoms with Crippen molar-refractivity contribution in [3.63, 3.8) is 0 Å². The molecular weight excluding hydrogens is 186 g/mol. The highest BCUT2D eigenvalue weighted by molar-refractivity contribution is 7.16. The third-order valence-electron chi connectivity index (χ3n) is 1.53. The average molecular weight is 192 g/mol. The van der Waals surface area contributed by atoms with Gasteiger partial charge < -0.3 is 4.74 Å². The van der Waals surface area contributed by atoms with E-state index in [-0.39, 0.29) is 5.97 Å². The van der Waals surface area contributed by atoms with Crippen LogP contribution in [-0.2, 0) is 4.79 Å². The van der Waals surface area contributed by atoms with Gasteiger partial charge in [0.15, 0.2) is 11.3 Å². The summed E-state index contributed by atoms with van der Waals surface area (Å²) in [5, 5.41) is 0. The molecule has 0 bridgehead atoms. The second kappa shape index (κ2) is 3.14. The number of esters is 1. The number of para-hydroxylation sites is 1. The summed E-state index contributed by atoms with van der Waals surface area (Å²) < 4.78 is 5.94. The van der Waals surface area contributed by atoms with Gasteiger partial charge in [0.1, 0.15) is 5.52 Å². The van der Waals surface area contributed by atoms with Gasteiger partial charge in [-0.15, -0.1) is 11.3 Å². The van der Waals surface area contributed by atoms with Crippen LogP contribution >= 0.6 is 11.3 Å². The second-order valence-electron chi connectivity index (χ2n) is 2.50. The summed E-state index contributed by atoms with van der Waals surface area (Å²) in [6, 6.07) is 5.46. The quantitative estimate of drug-likeness (QED) is 0.512. The standard InChI is InChI=1S/C9H6NO2S/c1-6(11)12-7-3-2-4-8-9(7)10-5-13-8/h2-4H,1H3. The molecule has 0 aliphatic carbocycles. The van der Waals surface area contributed by atoms with Crippen molar-refractivity contribution >= 4 is 27.5 Å². The average Bonchev–Trinajstić information content (AvgIpc) is 2.51. The van der Waals surface area contributed by atoms with E-state index < -0.39 is 0 Å². The fourth-order valence-electron chi connectivity index (χ4n) is 1.05. The van der Waals surface area contributed by atoms with E-state index in [1.165, 1.54) is 18.3 Å². The maximum Gasteiger partial charge on any atom is 0.308 e. The van der Waals surface area contributed by atoms with Crippen molar-refractivity contribution in [1.82, 2.24) is 4.98 Å². The van der Waals surface area contributed by atoms with Gasteiger partial charge in [0.2, 0.25) is 0 Å². The lowest BCUT2D eigenvalue weighted by atomic mass is 10.3. The van der Waals surface area contributed by atoms with Gasteiger partial charge >= 0.3 is 5.97 Å². The molecule has 1 aromatic carbocycles. The molecule has 0 saturated carbocycles. The zero-order valence-electron chi connectivity index (χ0n) is 6.90. The highest BCUT2D eigenvalue weighted by atomic mass is 32.1. The van der Waals surface area contributed by atoms with Crippen LogP contribution in [0, 0.1) is 5.51 Å². The first kappa shape index (κ1) is 8.19.